The molecule has 0 unspecified atom stereocenters. The van der Waals surface area contributed by atoms with Gasteiger partial charge in [-0.05, 0) is 18.2 Å². The number of benzene rings is 1. The highest BCUT2D eigenvalue weighted by atomic mass is 32.2. The lowest BCUT2D eigenvalue weighted by Gasteiger charge is -2.10. The molecular formula is C15H19N3O5S. The van der Waals surface area contributed by atoms with Crippen molar-refractivity contribution in [1.82, 2.24) is 10.1 Å². The maximum Gasteiger partial charge on any atom is 0.338 e. The monoisotopic (exact) mass is 353 g/mol. The highest BCUT2D eigenvalue weighted by Gasteiger charge is 2.21. The highest BCUT2D eigenvalue weighted by molar-refractivity contribution is 7.92. The molecule has 1 N–H and O–H groups in total. The highest BCUT2D eigenvalue weighted by Crippen LogP contribution is 2.19. The predicted octanol–water partition coefficient (Wildman–Crippen LogP) is 2.10. The Hall–Kier alpha value is -2.42. The molecule has 0 aliphatic heterocycles. The number of nitrogens with zero attached hydrogens (tertiary/aromatic N) is 2. The van der Waals surface area contributed by atoms with E-state index in [0.717, 1.165) is 6.26 Å². The first-order valence-electron chi connectivity index (χ1n) is 7.13. The van der Waals surface area contributed by atoms with E-state index in [1.54, 1.807) is 6.07 Å². The van der Waals surface area contributed by atoms with Gasteiger partial charge in [-0.2, -0.15) is 4.98 Å². The van der Waals surface area contributed by atoms with E-state index in [4.69, 9.17) is 9.26 Å². The number of ether oxygens (including phenoxy) is 1. The molecule has 0 radical (unpaired) electrons. The molecule has 0 fully saturated rings. The lowest BCUT2D eigenvalue weighted by atomic mass is 9.96. The van der Waals surface area contributed by atoms with E-state index in [2.05, 4.69) is 14.9 Å². The number of rotatable bonds is 5. The number of carbonyl (C=O) groups is 1. The van der Waals surface area contributed by atoms with Crippen LogP contribution < -0.4 is 4.72 Å². The van der Waals surface area contributed by atoms with Gasteiger partial charge < -0.3 is 9.26 Å². The quantitative estimate of drug-likeness (QED) is 0.819. The number of anilines is 1. The van der Waals surface area contributed by atoms with Crippen LogP contribution in [0.15, 0.2) is 28.8 Å². The Kier molecular flexibility index (Phi) is 4.93. The summed E-state index contributed by atoms with van der Waals surface area (Å²) < 4.78 is 34.9. The molecular weight excluding hydrogens is 334 g/mol. The fourth-order valence-electron chi connectivity index (χ4n) is 1.75. The second-order valence-electron chi connectivity index (χ2n) is 6.29. The Morgan fingerprint density at radius 1 is 1.33 bits per heavy atom. The van der Waals surface area contributed by atoms with Gasteiger partial charge in [-0.15, -0.1) is 0 Å². The Labute approximate surface area is 140 Å². The lowest BCUT2D eigenvalue weighted by Crippen LogP contribution is -2.13. The van der Waals surface area contributed by atoms with Crippen LogP contribution in [0.2, 0.25) is 0 Å². The minimum Gasteiger partial charge on any atom is -0.452 e. The van der Waals surface area contributed by atoms with Gasteiger partial charge in [0.25, 0.3) is 5.89 Å². The van der Waals surface area contributed by atoms with Crippen molar-refractivity contribution in [3.05, 3.63) is 41.5 Å². The second-order valence-corrected chi connectivity index (χ2v) is 8.04. The van der Waals surface area contributed by atoms with Gasteiger partial charge in [0.1, 0.15) is 0 Å². The molecule has 9 heteroatoms. The maximum atomic E-state index is 12.1. The molecule has 1 heterocycles. The Bertz CT molecular complexity index is 837. The van der Waals surface area contributed by atoms with Crippen molar-refractivity contribution in [2.45, 2.75) is 32.8 Å². The fourth-order valence-corrected chi connectivity index (χ4v) is 2.31. The average Bonchev–Trinajstić information content (AvgIpc) is 2.92. The van der Waals surface area contributed by atoms with Crippen LogP contribution in [0.1, 0.15) is 42.8 Å². The van der Waals surface area contributed by atoms with Crippen molar-refractivity contribution in [2.75, 3.05) is 11.0 Å². The minimum atomic E-state index is -3.42. The molecule has 2 rings (SSSR count). The van der Waals surface area contributed by atoms with Crippen molar-refractivity contribution in [2.24, 2.45) is 0 Å². The van der Waals surface area contributed by atoms with E-state index in [1.165, 1.54) is 18.2 Å². The molecule has 0 amide bonds. The summed E-state index contributed by atoms with van der Waals surface area (Å²) in [5.41, 5.74) is 0.219. The van der Waals surface area contributed by atoms with Crippen LogP contribution in [0.25, 0.3) is 0 Å². The van der Waals surface area contributed by atoms with Gasteiger partial charge >= 0.3 is 5.97 Å². The minimum absolute atomic E-state index is 0.161. The second kappa shape index (κ2) is 6.60. The molecule has 0 aliphatic rings. The summed E-state index contributed by atoms with van der Waals surface area (Å²) in [4.78, 5) is 16.2. The predicted molar refractivity (Wildman–Crippen MR) is 87.0 cm³/mol. The van der Waals surface area contributed by atoms with Crippen molar-refractivity contribution in [3.63, 3.8) is 0 Å². The molecule has 1 aromatic carbocycles. The van der Waals surface area contributed by atoms with Crippen LogP contribution in [-0.4, -0.2) is 30.8 Å². The van der Waals surface area contributed by atoms with Crippen LogP contribution in [0.4, 0.5) is 5.69 Å². The van der Waals surface area contributed by atoms with Crippen LogP contribution in [-0.2, 0) is 26.8 Å². The van der Waals surface area contributed by atoms with E-state index in [-0.39, 0.29) is 29.2 Å². The summed E-state index contributed by atoms with van der Waals surface area (Å²) in [7, 11) is -3.42. The third kappa shape index (κ3) is 5.05. The van der Waals surface area contributed by atoms with Crippen LogP contribution in [0, 0.1) is 0 Å². The van der Waals surface area contributed by atoms with Crippen LogP contribution >= 0.6 is 0 Å². The molecule has 0 bridgehead atoms. The molecule has 0 atom stereocenters. The average molecular weight is 353 g/mol. The van der Waals surface area contributed by atoms with Gasteiger partial charge in [0, 0.05) is 11.1 Å². The van der Waals surface area contributed by atoms with E-state index >= 15 is 0 Å². The van der Waals surface area contributed by atoms with Gasteiger partial charge in [-0.25, -0.2) is 13.2 Å². The van der Waals surface area contributed by atoms with Gasteiger partial charge in [-0.1, -0.05) is 32.0 Å². The largest absolute Gasteiger partial charge is 0.452 e. The molecule has 24 heavy (non-hydrogen) atoms. The SMILES string of the molecule is CC(C)(C)c1noc(COC(=O)c2cccc(NS(C)(=O)=O)c2)n1. The molecule has 0 saturated heterocycles. The molecule has 0 saturated carbocycles. The summed E-state index contributed by atoms with van der Waals surface area (Å²) in [6.45, 7) is 5.65. The zero-order valence-corrected chi connectivity index (χ0v) is 14.7. The molecule has 0 spiro atoms. The van der Waals surface area contributed by atoms with E-state index in [0.29, 0.717) is 5.82 Å². The molecule has 8 nitrogen and oxygen atoms in total. The van der Waals surface area contributed by atoms with E-state index in [1.807, 2.05) is 20.8 Å². The zero-order chi connectivity index (χ0) is 18.0. The summed E-state index contributed by atoms with van der Waals surface area (Å²) in [5.74, 6) is 0.0919. The van der Waals surface area contributed by atoms with Crippen molar-refractivity contribution >= 4 is 21.7 Å². The summed E-state index contributed by atoms with van der Waals surface area (Å²) in [5, 5.41) is 3.84. The summed E-state index contributed by atoms with van der Waals surface area (Å²) >= 11 is 0. The first-order valence-corrected chi connectivity index (χ1v) is 9.02. The molecule has 2 aromatic rings. The topological polar surface area (TPSA) is 111 Å². The number of nitrogens with one attached hydrogen (secondary N) is 1. The Morgan fingerprint density at radius 3 is 2.62 bits per heavy atom. The first kappa shape index (κ1) is 17.9. The number of aromatic nitrogens is 2. The number of esters is 1. The smallest absolute Gasteiger partial charge is 0.338 e. The van der Waals surface area contributed by atoms with Gasteiger partial charge in [0.05, 0.1) is 11.8 Å². The fraction of sp³-hybridized carbons (Fsp3) is 0.400. The Morgan fingerprint density at radius 2 is 2.04 bits per heavy atom. The van der Waals surface area contributed by atoms with Gasteiger partial charge in [-0.3, -0.25) is 4.72 Å². The Balaban J connectivity index is 2.02. The van der Waals surface area contributed by atoms with Crippen molar-refractivity contribution < 1.29 is 22.5 Å². The molecule has 130 valence electrons. The van der Waals surface area contributed by atoms with E-state index < -0.39 is 16.0 Å². The van der Waals surface area contributed by atoms with Gasteiger partial charge in [0.15, 0.2) is 12.4 Å². The lowest BCUT2D eigenvalue weighted by molar-refractivity contribution is 0.0430. The maximum absolute atomic E-state index is 12.1. The standard InChI is InChI=1S/C15H19N3O5S/c1-15(2,3)14-16-12(23-17-14)9-22-13(19)10-6-5-7-11(8-10)18-24(4,20)21/h5-8,18H,9H2,1-4H3. The third-order valence-electron chi connectivity index (χ3n) is 2.87. The number of hydrogen-bond acceptors (Lipinski definition) is 7. The number of sulfonamides is 1. The summed E-state index contributed by atoms with van der Waals surface area (Å²) in [6, 6.07) is 5.99. The normalized spacial score (nSPS) is 12.0. The van der Waals surface area contributed by atoms with Crippen molar-refractivity contribution in [3.8, 4) is 0 Å². The number of hydrogen-bond donors (Lipinski definition) is 1. The van der Waals surface area contributed by atoms with Crippen molar-refractivity contribution in [1.29, 1.82) is 0 Å². The van der Waals surface area contributed by atoms with E-state index in [9.17, 15) is 13.2 Å². The first-order chi connectivity index (χ1) is 11.0. The summed E-state index contributed by atoms with van der Waals surface area (Å²) in [6.07, 6.45) is 1.03. The number of carbonyl (C=O) groups excluding carboxylic acids is 1. The van der Waals surface area contributed by atoms with Crippen LogP contribution in [0.3, 0.4) is 0 Å². The van der Waals surface area contributed by atoms with Gasteiger partial charge in [0.2, 0.25) is 10.0 Å². The molecule has 1 aromatic heterocycles. The third-order valence-corrected chi connectivity index (χ3v) is 3.47. The van der Waals surface area contributed by atoms with Crippen LogP contribution in [0.5, 0.6) is 0 Å². The zero-order valence-electron chi connectivity index (χ0n) is 13.9. The molecule has 0 aliphatic carbocycles.